The molecule has 0 fully saturated rings. The van der Waals surface area contributed by atoms with E-state index in [1.807, 2.05) is 0 Å². The fraction of sp³-hybridized carbons (Fsp3) is 0. The van der Waals surface area contributed by atoms with Gasteiger partial charge in [0.2, 0.25) is 0 Å². The predicted octanol–water partition coefficient (Wildman–Crippen LogP) is -2.41. The summed E-state index contributed by atoms with van der Waals surface area (Å²) < 4.78 is 0. The summed E-state index contributed by atoms with van der Waals surface area (Å²) in [6.07, 6.45) is 0. The molecule has 0 spiro atoms. The molecule has 0 atom stereocenters. The first-order valence-corrected chi connectivity index (χ1v) is 1.12. The molecular formula is C5HCu2KN5-5. The van der Waals surface area contributed by atoms with Crippen LogP contribution in [-0.2, 0) is 34.1 Å². The minimum Gasteiger partial charge on any atom is -1.00 e. The average Bonchev–Trinajstić information content (AvgIpc) is 2.20. The van der Waals surface area contributed by atoms with Gasteiger partial charge in [-0.05, 0) is 0 Å². The first kappa shape index (κ1) is 73.5. The summed E-state index contributed by atoms with van der Waals surface area (Å²) in [7, 11) is 0. The fourth-order valence-electron chi connectivity index (χ4n) is 0. The van der Waals surface area contributed by atoms with Gasteiger partial charge in [0.25, 0.3) is 0 Å². The van der Waals surface area contributed by atoms with Gasteiger partial charge in [0.15, 0.2) is 0 Å². The van der Waals surface area contributed by atoms with Gasteiger partial charge in [0.1, 0.15) is 0 Å². The van der Waals surface area contributed by atoms with Gasteiger partial charge in [-0.3, -0.25) is 0 Å². The van der Waals surface area contributed by atoms with E-state index in [0.29, 0.717) is 0 Å². The van der Waals surface area contributed by atoms with Crippen molar-refractivity contribution in [2.75, 3.05) is 0 Å². The standard InChI is InChI=1S/5CN.2Cu.K.H/c5*1-2;;;;/q5*-1;;;+1;-1. The molecule has 0 unspecified atom stereocenters. The van der Waals surface area contributed by atoms with Gasteiger partial charge in [-0.2, -0.15) is 0 Å². The third kappa shape index (κ3) is 79100. The van der Waals surface area contributed by atoms with E-state index >= 15 is 0 Å². The van der Waals surface area contributed by atoms with Crippen LogP contribution in [0.3, 0.4) is 0 Å². The number of nitrogens with zero attached hydrogens (tertiary/aromatic N) is 5. The summed E-state index contributed by atoms with van der Waals surface area (Å²) in [5.41, 5.74) is 0. The Balaban J connectivity index is -0.00000000298. The topological polar surface area (TPSA) is 119 Å². The Morgan fingerprint density at radius 2 is 0.462 bits per heavy atom. The maximum Gasteiger partial charge on any atom is 1.00 e. The van der Waals surface area contributed by atoms with Gasteiger partial charge in [0.05, 0.1) is 0 Å². The van der Waals surface area contributed by atoms with E-state index in [1.165, 1.54) is 0 Å². The van der Waals surface area contributed by atoms with Crippen LogP contribution < -0.4 is 51.4 Å². The summed E-state index contributed by atoms with van der Waals surface area (Å²) in [6, 6.07) is 0. The Labute approximate surface area is 144 Å². The molecule has 0 N–H and O–H groups in total. The summed E-state index contributed by atoms with van der Waals surface area (Å²) in [6.45, 7) is 23.8. The van der Waals surface area contributed by atoms with Crippen LogP contribution in [0.5, 0.6) is 0 Å². The van der Waals surface area contributed by atoms with Crippen molar-refractivity contribution >= 4 is 0 Å². The molecule has 0 aliphatic carbocycles. The predicted molar refractivity (Wildman–Crippen MR) is 26.0 cm³/mol. The molecule has 0 bridgehead atoms. The minimum atomic E-state index is 0. The Hall–Kier alpha value is 0.125. The molecule has 13 heavy (non-hydrogen) atoms. The van der Waals surface area contributed by atoms with E-state index in [9.17, 15) is 0 Å². The van der Waals surface area contributed by atoms with Crippen LogP contribution in [0.1, 0.15) is 1.43 Å². The SMILES string of the molecule is [C-]#N.[C-]#N.[C-]#N.[C-]#N.[C-]#N.[Cu].[Cu].[H-].[K+]. The maximum absolute atomic E-state index is 6.25. The molecule has 0 aromatic carbocycles. The molecule has 0 heterocycles. The molecule has 0 aromatic rings. The number of hydrogen-bond donors (Lipinski definition) is 0. The molecule has 0 amide bonds. The van der Waals surface area contributed by atoms with E-state index in [4.69, 9.17) is 59.2 Å². The van der Waals surface area contributed by atoms with E-state index in [2.05, 4.69) is 0 Å². The van der Waals surface area contributed by atoms with E-state index in [-0.39, 0.29) is 86.9 Å². The second-order valence-corrected chi connectivity index (χ2v) is 0. The van der Waals surface area contributed by atoms with Crippen LogP contribution in [0.2, 0.25) is 0 Å². The first-order valence-electron chi connectivity index (χ1n) is 1.12. The summed E-state index contributed by atoms with van der Waals surface area (Å²) in [4.78, 5) is 0. The van der Waals surface area contributed by atoms with Crippen LogP contribution >= 0.6 is 0 Å². The summed E-state index contributed by atoms with van der Waals surface area (Å²) in [5, 5.41) is 31.2. The molecule has 0 saturated carbocycles. The molecular weight excluding hydrogens is 296 g/mol. The van der Waals surface area contributed by atoms with Gasteiger partial charge in [-0.1, -0.05) is 0 Å². The summed E-state index contributed by atoms with van der Waals surface area (Å²) >= 11 is 0. The molecule has 8 heteroatoms. The van der Waals surface area contributed by atoms with Crippen LogP contribution in [0.25, 0.3) is 0 Å². The van der Waals surface area contributed by atoms with Crippen LogP contribution in [0, 0.1) is 59.2 Å². The quantitative estimate of drug-likeness (QED) is 0.364. The summed E-state index contributed by atoms with van der Waals surface area (Å²) in [5.74, 6) is 0. The van der Waals surface area contributed by atoms with Crippen molar-refractivity contribution in [1.29, 1.82) is 26.3 Å². The Kier molecular flexibility index (Phi) is 540000. The largest absolute Gasteiger partial charge is 1.00 e. The molecule has 0 aliphatic heterocycles. The monoisotopic (exact) mass is 296 g/mol. The van der Waals surface area contributed by atoms with Crippen molar-refractivity contribution < 1.29 is 86.9 Å². The van der Waals surface area contributed by atoms with Gasteiger partial charge in [-0.15, -0.1) is 0 Å². The second kappa shape index (κ2) is 95600. The smallest absolute Gasteiger partial charge is 1.00 e. The molecule has 2 radical (unpaired) electrons. The normalized spacial score (nSPS) is 0.769. The van der Waals surface area contributed by atoms with Crippen molar-refractivity contribution in [2.24, 2.45) is 0 Å². The Morgan fingerprint density at radius 1 is 0.462 bits per heavy atom. The van der Waals surface area contributed by atoms with Gasteiger partial charge < -0.3 is 60.6 Å². The van der Waals surface area contributed by atoms with Crippen molar-refractivity contribution in [1.82, 2.24) is 0 Å². The fourth-order valence-corrected chi connectivity index (χ4v) is 0. The van der Waals surface area contributed by atoms with E-state index < -0.39 is 0 Å². The molecule has 5 nitrogen and oxygen atoms in total. The zero-order valence-electron chi connectivity index (χ0n) is 7.34. The van der Waals surface area contributed by atoms with E-state index in [1.54, 1.807) is 0 Å². The first-order chi connectivity index (χ1) is 5.00. The van der Waals surface area contributed by atoms with Crippen molar-refractivity contribution in [3.8, 4) is 0 Å². The van der Waals surface area contributed by atoms with Crippen LogP contribution in [0.15, 0.2) is 0 Å². The third-order valence-electron chi connectivity index (χ3n) is 0. The van der Waals surface area contributed by atoms with Gasteiger partial charge in [-0.25, -0.2) is 0 Å². The number of rotatable bonds is 0. The van der Waals surface area contributed by atoms with Crippen LogP contribution in [0.4, 0.5) is 0 Å². The minimum absolute atomic E-state index is 0. The molecule has 0 aliphatic rings. The van der Waals surface area contributed by atoms with Gasteiger partial charge >= 0.3 is 51.4 Å². The maximum atomic E-state index is 6.25. The zero-order chi connectivity index (χ0) is 10.0. The third-order valence-corrected chi connectivity index (χ3v) is 0. The molecule has 0 rings (SSSR count). The molecule has 74 valence electrons. The second-order valence-electron chi connectivity index (χ2n) is 0. The van der Waals surface area contributed by atoms with Gasteiger partial charge in [0, 0.05) is 34.1 Å². The Morgan fingerprint density at radius 3 is 0.462 bits per heavy atom. The zero-order valence-corrected chi connectivity index (χ0v) is 11.3. The van der Waals surface area contributed by atoms with Crippen molar-refractivity contribution in [3.05, 3.63) is 32.9 Å². The number of hydrogen-bond acceptors (Lipinski definition) is 5. The van der Waals surface area contributed by atoms with E-state index in [0.717, 1.165) is 0 Å². The molecule has 0 aromatic heterocycles. The molecule has 0 saturated heterocycles. The van der Waals surface area contributed by atoms with Crippen molar-refractivity contribution in [2.45, 2.75) is 0 Å². The van der Waals surface area contributed by atoms with Crippen molar-refractivity contribution in [3.63, 3.8) is 0 Å². The Bertz CT molecular complexity index is 86.7. The average molecular weight is 297 g/mol. The van der Waals surface area contributed by atoms with Crippen LogP contribution in [-0.4, -0.2) is 0 Å².